The highest BCUT2D eigenvalue weighted by atomic mass is 32.2. The van der Waals surface area contributed by atoms with Gasteiger partial charge in [0.2, 0.25) is 10.0 Å². The van der Waals surface area contributed by atoms with E-state index in [0.29, 0.717) is 29.2 Å². The van der Waals surface area contributed by atoms with Gasteiger partial charge in [0.15, 0.2) is 6.61 Å². The molecule has 2 N–H and O–H groups in total. The normalized spacial score (nSPS) is 15.1. The molecule has 1 unspecified atom stereocenters. The van der Waals surface area contributed by atoms with Gasteiger partial charge in [-0.05, 0) is 69.2 Å². The second-order valence-electron chi connectivity index (χ2n) is 8.35. The number of esters is 1. The highest BCUT2D eigenvalue weighted by Crippen LogP contribution is 2.33. The van der Waals surface area contributed by atoms with E-state index in [1.165, 1.54) is 29.2 Å². The molecule has 0 bridgehead atoms. The van der Waals surface area contributed by atoms with Gasteiger partial charge < -0.3 is 18.9 Å². The summed E-state index contributed by atoms with van der Waals surface area (Å²) in [5.41, 5.74) is 3.06. The Labute approximate surface area is 202 Å². The topological polar surface area (TPSA) is 142 Å². The molecule has 10 nitrogen and oxygen atoms in total. The minimum absolute atomic E-state index is 0.0133. The lowest BCUT2D eigenvalue weighted by atomic mass is 10.1. The van der Waals surface area contributed by atoms with Crippen LogP contribution in [-0.2, 0) is 32.6 Å². The van der Waals surface area contributed by atoms with Crippen molar-refractivity contribution in [2.24, 2.45) is 5.14 Å². The summed E-state index contributed by atoms with van der Waals surface area (Å²) in [5.74, 6) is 0.0326. The molecule has 0 radical (unpaired) electrons. The van der Waals surface area contributed by atoms with Gasteiger partial charge in [0.1, 0.15) is 18.1 Å². The predicted octanol–water partition coefficient (Wildman–Crippen LogP) is 2.65. The highest BCUT2D eigenvalue weighted by molar-refractivity contribution is 7.89. The van der Waals surface area contributed by atoms with E-state index in [9.17, 15) is 18.0 Å². The summed E-state index contributed by atoms with van der Waals surface area (Å²) in [6.45, 7) is 5.21. The number of benzene rings is 2. The van der Waals surface area contributed by atoms with Crippen LogP contribution >= 0.6 is 0 Å². The van der Waals surface area contributed by atoms with Crippen LogP contribution in [0.25, 0.3) is 0 Å². The molecule has 0 spiro atoms. The monoisotopic (exact) mass is 499 g/mol. The van der Waals surface area contributed by atoms with Gasteiger partial charge in [-0.2, -0.15) is 0 Å². The number of primary sulfonamides is 1. The summed E-state index contributed by atoms with van der Waals surface area (Å²) in [7, 11) is -3.85. The van der Waals surface area contributed by atoms with E-state index in [1.807, 2.05) is 13.8 Å². The molecule has 1 amide bonds. The van der Waals surface area contributed by atoms with E-state index in [4.69, 9.17) is 19.1 Å². The third-order valence-corrected chi connectivity index (χ3v) is 6.74. The van der Waals surface area contributed by atoms with Crippen LogP contribution in [0.2, 0.25) is 0 Å². The standard InChI is InChI=1S/C24H25N3O7S/c1-14-9-18-11-20(35(25,30)31)7-8-22(18)27(14)23(28)13-33-24(29)17-5-4-6-19(10-17)32-12-21-15(2)26-34-16(21)3/h4-8,10-11,14H,9,12-13H2,1-3H3,(H2,25,30,31). The van der Waals surface area contributed by atoms with Crippen LogP contribution in [0.1, 0.15) is 39.9 Å². The molecule has 0 aliphatic carbocycles. The van der Waals surface area contributed by atoms with E-state index in [2.05, 4.69) is 5.16 Å². The molecule has 0 saturated heterocycles. The Morgan fingerprint density at radius 2 is 1.97 bits per heavy atom. The Morgan fingerprint density at radius 3 is 2.66 bits per heavy atom. The number of carbonyl (C=O) groups is 2. The lowest BCUT2D eigenvalue weighted by Gasteiger charge is -2.22. The molecule has 35 heavy (non-hydrogen) atoms. The second kappa shape index (κ2) is 9.51. The van der Waals surface area contributed by atoms with Crippen molar-refractivity contribution in [2.75, 3.05) is 11.5 Å². The minimum atomic E-state index is -3.85. The van der Waals surface area contributed by atoms with E-state index in [1.54, 1.807) is 25.1 Å². The quantitative estimate of drug-likeness (QED) is 0.489. The van der Waals surface area contributed by atoms with Gasteiger partial charge in [-0.15, -0.1) is 0 Å². The van der Waals surface area contributed by atoms with Crippen LogP contribution in [0.15, 0.2) is 51.9 Å². The van der Waals surface area contributed by atoms with Crippen molar-refractivity contribution in [3.63, 3.8) is 0 Å². The van der Waals surface area contributed by atoms with Crippen LogP contribution in [0.4, 0.5) is 5.69 Å². The first-order chi connectivity index (χ1) is 16.5. The number of sulfonamides is 1. The van der Waals surface area contributed by atoms with Crippen molar-refractivity contribution in [2.45, 2.75) is 44.7 Å². The molecule has 1 aromatic heterocycles. The van der Waals surface area contributed by atoms with Crippen molar-refractivity contribution < 1.29 is 32.0 Å². The lowest BCUT2D eigenvalue weighted by Crippen LogP contribution is -2.38. The fourth-order valence-corrected chi connectivity index (χ4v) is 4.59. The number of ether oxygens (including phenoxy) is 2. The smallest absolute Gasteiger partial charge is 0.338 e. The van der Waals surface area contributed by atoms with Gasteiger partial charge in [-0.25, -0.2) is 18.4 Å². The number of aromatic nitrogens is 1. The van der Waals surface area contributed by atoms with Crippen LogP contribution in [0, 0.1) is 13.8 Å². The number of rotatable bonds is 7. The van der Waals surface area contributed by atoms with E-state index in [-0.39, 0.29) is 23.1 Å². The summed E-state index contributed by atoms with van der Waals surface area (Å²) in [5, 5.41) is 9.09. The SMILES string of the molecule is Cc1noc(C)c1COc1cccc(C(=O)OCC(=O)N2c3ccc(S(N)(=O)=O)cc3CC2C)c1. The summed E-state index contributed by atoms with van der Waals surface area (Å²) in [6, 6.07) is 10.6. The molecule has 2 heterocycles. The first-order valence-electron chi connectivity index (χ1n) is 10.8. The number of nitrogens with two attached hydrogens (primary N) is 1. The molecule has 0 fully saturated rings. The van der Waals surface area contributed by atoms with Gasteiger partial charge in [0.25, 0.3) is 5.91 Å². The third-order valence-electron chi connectivity index (χ3n) is 5.82. The highest BCUT2D eigenvalue weighted by Gasteiger charge is 2.32. The maximum atomic E-state index is 12.9. The number of amides is 1. The van der Waals surface area contributed by atoms with Gasteiger partial charge in [-0.3, -0.25) is 4.79 Å². The molecule has 1 aliphatic rings. The Morgan fingerprint density at radius 1 is 1.20 bits per heavy atom. The van der Waals surface area contributed by atoms with Crippen LogP contribution < -0.4 is 14.8 Å². The zero-order valence-electron chi connectivity index (χ0n) is 19.5. The Kier molecular flexibility index (Phi) is 6.64. The Balaban J connectivity index is 1.39. The fraction of sp³-hybridized carbons (Fsp3) is 0.292. The second-order valence-corrected chi connectivity index (χ2v) is 9.91. The maximum Gasteiger partial charge on any atom is 0.338 e. The van der Waals surface area contributed by atoms with Crippen LogP contribution in [0.5, 0.6) is 5.75 Å². The van der Waals surface area contributed by atoms with Crippen LogP contribution in [-0.4, -0.2) is 38.1 Å². The molecule has 2 aromatic carbocycles. The van der Waals surface area contributed by atoms with E-state index >= 15 is 0 Å². The van der Waals surface area contributed by atoms with Gasteiger partial charge in [-0.1, -0.05) is 11.2 Å². The lowest BCUT2D eigenvalue weighted by molar-refractivity contribution is -0.122. The van der Waals surface area contributed by atoms with Gasteiger partial charge in [0, 0.05) is 11.7 Å². The maximum absolute atomic E-state index is 12.9. The molecule has 1 aliphatic heterocycles. The number of nitrogens with zero attached hydrogens (tertiary/aromatic N) is 2. The zero-order valence-corrected chi connectivity index (χ0v) is 20.3. The zero-order chi connectivity index (χ0) is 25.3. The molecule has 1 atom stereocenters. The predicted molar refractivity (Wildman–Crippen MR) is 126 cm³/mol. The van der Waals surface area contributed by atoms with E-state index in [0.717, 1.165) is 11.3 Å². The molecular formula is C24H25N3O7S. The Hall–Kier alpha value is -3.70. The average molecular weight is 500 g/mol. The summed E-state index contributed by atoms with van der Waals surface area (Å²) >= 11 is 0. The number of anilines is 1. The molecule has 0 saturated carbocycles. The Bertz CT molecular complexity index is 1380. The molecule has 11 heteroatoms. The van der Waals surface area contributed by atoms with E-state index < -0.39 is 28.5 Å². The summed E-state index contributed by atoms with van der Waals surface area (Å²) in [4.78, 5) is 26.9. The average Bonchev–Trinajstić information content (AvgIpc) is 3.32. The fourth-order valence-electron chi connectivity index (χ4n) is 4.02. The third kappa shape index (κ3) is 5.20. The van der Waals surface area contributed by atoms with Crippen molar-refractivity contribution in [3.8, 4) is 5.75 Å². The van der Waals surface area contributed by atoms with Crippen molar-refractivity contribution in [3.05, 3.63) is 70.6 Å². The van der Waals surface area contributed by atoms with Gasteiger partial charge in [0.05, 0.1) is 21.7 Å². The van der Waals surface area contributed by atoms with Crippen molar-refractivity contribution in [1.82, 2.24) is 5.16 Å². The summed E-state index contributed by atoms with van der Waals surface area (Å²) < 4.78 is 39.4. The number of hydrogen-bond donors (Lipinski definition) is 1. The first-order valence-corrected chi connectivity index (χ1v) is 12.4. The molecular weight excluding hydrogens is 474 g/mol. The molecule has 184 valence electrons. The molecule has 3 aromatic rings. The minimum Gasteiger partial charge on any atom is -0.489 e. The summed E-state index contributed by atoms with van der Waals surface area (Å²) in [6.07, 6.45) is 0.461. The van der Waals surface area contributed by atoms with Crippen molar-refractivity contribution in [1.29, 1.82) is 0 Å². The first kappa shape index (κ1) is 24.4. The van der Waals surface area contributed by atoms with Gasteiger partial charge >= 0.3 is 5.97 Å². The largest absolute Gasteiger partial charge is 0.489 e. The molecule has 4 rings (SSSR count). The van der Waals surface area contributed by atoms with Crippen molar-refractivity contribution >= 4 is 27.6 Å². The number of hydrogen-bond acceptors (Lipinski definition) is 8. The number of fused-ring (bicyclic) bond motifs is 1. The number of aryl methyl sites for hydroxylation is 2. The van der Waals surface area contributed by atoms with Crippen LogP contribution in [0.3, 0.4) is 0 Å². The number of carbonyl (C=O) groups excluding carboxylic acids is 2.